The summed E-state index contributed by atoms with van der Waals surface area (Å²) in [4.78, 5) is 14.4. The molecule has 18 heavy (non-hydrogen) atoms. The topological polar surface area (TPSA) is 96.4 Å². The molecule has 6 nitrogen and oxygen atoms in total. The van der Waals surface area contributed by atoms with Crippen LogP contribution in [0.25, 0.3) is 0 Å². The van der Waals surface area contributed by atoms with Gasteiger partial charge < -0.3 is 5.11 Å². The Morgan fingerprint density at radius 2 is 2.06 bits per heavy atom. The summed E-state index contributed by atoms with van der Waals surface area (Å²) in [5.41, 5.74) is 0. The molecule has 0 aliphatic heterocycles. The minimum atomic E-state index is -3.95. The summed E-state index contributed by atoms with van der Waals surface area (Å²) in [7, 11) is -3.95. The highest BCUT2D eigenvalue weighted by Crippen LogP contribution is 2.15. The van der Waals surface area contributed by atoms with Crippen LogP contribution in [0.4, 0.5) is 0 Å². The van der Waals surface area contributed by atoms with E-state index in [2.05, 4.69) is 9.71 Å². The van der Waals surface area contributed by atoms with Crippen LogP contribution in [0, 0.1) is 5.92 Å². The van der Waals surface area contributed by atoms with E-state index in [-0.39, 0.29) is 15.8 Å². The molecule has 100 valence electrons. The summed E-state index contributed by atoms with van der Waals surface area (Å²) >= 11 is 5.64. The van der Waals surface area contributed by atoms with Gasteiger partial charge in [0.1, 0.15) is 10.9 Å². The zero-order chi connectivity index (χ0) is 13.9. The summed E-state index contributed by atoms with van der Waals surface area (Å²) in [6, 6.07) is 0.00447. The van der Waals surface area contributed by atoms with E-state index in [0.717, 1.165) is 6.20 Å². The summed E-state index contributed by atoms with van der Waals surface area (Å²) in [5.74, 6) is -1.62. The van der Waals surface area contributed by atoms with Gasteiger partial charge in [-0.15, -0.1) is 0 Å². The van der Waals surface area contributed by atoms with E-state index in [1.54, 1.807) is 13.8 Å². The highest BCUT2D eigenvalue weighted by atomic mass is 35.5. The molecule has 1 aromatic rings. The van der Waals surface area contributed by atoms with Crippen molar-refractivity contribution in [2.24, 2.45) is 5.92 Å². The molecule has 0 aliphatic rings. The van der Waals surface area contributed by atoms with Gasteiger partial charge in [0.15, 0.2) is 0 Å². The molecular formula is C10H13ClN2O4S. The predicted molar refractivity (Wildman–Crippen MR) is 65.8 cm³/mol. The average molecular weight is 293 g/mol. The molecule has 0 fully saturated rings. The number of sulfonamides is 1. The fraction of sp³-hybridized carbons (Fsp3) is 0.400. The Bertz CT molecular complexity index is 545. The monoisotopic (exact) mass is 292 g/mol. The van der Waals surface area contributed by atoms with Gasteiger partial charge in [-0.2, -0.15) is 4.72 Å². The van der Waals surface area contributed by atoms with E-state index in [1.807, 2.05) is 0 Å². The number of rotatable bonds is 5. The molecule has 1 atom stereocenters. The van der Waals surface area contributed by atoms with Crippen LogP contribution in [-0.2, 0) is 14.8 Å². The number of carboxylic acid groups (broad SMARTS) is 1. The normalized spacial score (nSPS) is 13.6. The Morgan fingerprint density at radius 3 is 2.50 bits per heavy atom. The Balaban J connectivity index is 3.05. The number of carboxylic acids is 1. The number of hydrogen-bond acceptors (Lipinski definition) is 4. The van der Waals surface area contributed by atoms with Crippen molar-refractivity contribution in [3.05, 3.63) is 23.5 Å². The number of carbonyl (C=O) groups is 1. The van der Waals surface area contributed by atoms with Crippen molar-refractivity contribution in [2.75, 3.05) is 0 Å². The van der Waals surface area contributed by atoms with Gasteiger partial charge in [-0.05, 0) is 12.0 Å². The SMILES string of the molecule is CC(C)[C@@H](NS(=O)(=O)c1cncc(Cl)c1)C(=O)O. The lowest BCUT2D eigenvalue weighted by molar-refractivity contribution is -0.140. The molecule has 0 radical (unpaired) electrons. The van der Waals surface area contributed by atoms with Crippen LogP contribution in [0.15, 0.2) is 23.4 Å². The van der Waals surface area contributed by atoms with Gasteiger partial charge in [0, 0.05) is 12.4 Å². The minimum absolute atomic E-state index is 0.161. The molecule has 0 unspecified atom stereocenters. The fourth-order valence-corrected chi connectivity index (χ4v) is 2.81. The minimum Gasteiger partial charge on any atom is -0.480 e. The summed E-state index contributed by atoms with van der Waals surface area (Å²) < 4.78 is 26.0. The number of pyridine rings is 1. The maximum atomic E-state index is 11.9. The maximum absolute atomic E-state index is 11.9. The van der Waals surface area contributed by atoms with E-state index in [9.17, 15) is 13.2 Å². The molecule has 0 saturated heterocycles. The third-order valence-electron chi connectivity index (χ3n) is 2.20. The van der Waals surface area contributed by atoms with E-state index in [4.69, 9.17) is 16.7 Å². The first-order valence-corrected chi connectivity index (χ1v) is 6.96. The van der Waals surface area contributed by atoms with E-state index in [1.165, 1.54) is 12.3 Å². The standard InChI is InChI=1S/C10H13ClN2O4S/c1-6(2)9(10(14)15)13-18(16,17)8-3-7(11)4-12-5-8/h3-6,9,13H,1-2H3,(H,14,15)/t9-/m1/s1. The van der Waals surface area contributed by atoms with Gasteiger partial charge in [0.05, 0.1) is 5.02 Å². The van der Waals surface area contributed by atoms with Gasteiger partial charge in [-0.25, -0.2) is 8.42 Å². The summed E-state index contributed by atoms with van der Waals surface area (Å²) in [6.45, 7) is 3.22. The third-order valence-corrected chi connectivity index (χ3v) is 3.82. The number of aromatic nitrogens is 1. The highest BCUT2D eigenvalue weighted by Gasteiger charge is 2.28. The molecule has 1 rings (SSSR count). The molecule has 0 bridgehead atoms. The van der Waals surface area contributed by atoms with E-state index in [0.29, 0.717) is 0 Å². The Kier molecular flexibility index (Phi) is 4.66. The number of nitrogens with zero attached hydrogens (tertiary/aromatic N) is 1. The van der Waals surface area contributed by atoms with Crippen molar-refractivity contribution in [2.45, 2.75) is 24.8 Å². The van der Waals surface area contributed by atoms with Crippen LogP contribution in [0.5, 0.6) is 0 Å². The van der Waals surface area contributed by atoms with E-state index < -0.39 is 22.0 Å². The van der Waals surface area contributed by atoms with Crippen molar-refractivity contribution in [1.82, 2.24) is 9.71 Å². The molecular weight excluding hydrogens is 280 g/mol. The van der Waals surface area contributed by atoms with Crippen LogP contribution in [0.3, 0.4) is 0 Å². The van der Waals surface area contributed by atoms with Crippen LogP contribution >= 0.6 is 11.6 Å². The maximum Gasteiger partial charge on any atom is 0.322 e. The van der Waals surface area contributed by atoms with Gasteiger partial charge in [-0.1, -0.05) is 25.4 Å². The zero-order valence-electron chi connectivity index (χ0n) is 9.79. The molecule has 0 spiro atoms. The first kappa shape index (κ1) is 14.9. The quantitative estimate of drug-likeness (QED) is 0.848. The third kappa shape index (κ3) is 3.66. The van der Waals surface area contributed by atoms with Crippen molar-refractivity contribution >= 4 is 27.6 Å². The van der Waals surface area contributed by atoms with Crippen LogP contribution in [0.1, 0.15) is 13.8 Å². The largest absolute Gasteiger partial charge is 0.480 e. The van der Waals surface area contributed by atoms with Crippen LogP contribution in [-0.4, -0.2) is 30.5 Å². The van der Waals surface area contributed by atoms with Crippen molar-refractivity contribution < 1.29 is 18.3 Å². The molecule has 0 aliphatic carbocycles. The number of nitrogens with one attached hydrogen (secondary N) is 1. The van der Waals surface area contributed by atoms with Crippen LogP contribution in [0.2, 0.25) is 5.02 Å². The number of hydrogen-bond donors (Lipinski definition) is 2. The lowest BCUT2D eigenvalue weighted by Gasteiger charge is -2.17. The van der Waals surface area contributed by atoms with Crippen molar-refractivity contribution in [3.8, 4) is 0 Å². The zero-order valence-corrected chi connectivity index (χ0v) is 11.4. The molecule has 0 saturated carbocycles. The molecule has 0 amide bonds. The first-order valence-electron chi connectivity index (χ1n) is 5.09. The molecule has 2 N–H and O–H groups in total. The van der Waals surface area contributed by atoms with Crippen molar-refractivity contribution in [3.63, 3.8) is 0 Å². The Labute approximate surface area is 110 Å². The fourth-order valence-electron chi connectivity index (χ4n) is 1.25. The Hall–Kier alpha value is -1.18. The second-order valence-corrected chi connectivity index (χ2v) is 6.17. The highest BCUT2D eigenvalue weighted by molar-refractivity contribution is 7.89. The second kappa shape index (κ2) is 5.64. The lowest BCUT2D eigenvalue weighted by Crippen LogP contribution is -2.44. The van der Waals surface area contributed by atoms with Crippen molar-refractivity contribution in [1.29, 1.82) is 0 Å². The van der Waals surface area contributed by atoms with E-state index >= 15 is 0 Å². The van der Waals surface area contributed by atoms with Gasteiger partial charge in [-0.3, -0.25) is 9.78 Å². The molecule has 0 aromatic carbocycles. The smallest absolute Gasteiger partial charge is 0.322 e. The molecule has 1 heterocycles. The Morgan fingerprint density at radius 1 is 1.44 bits per heavy atom. The van der Waals surface area contributed by atoms with Crippen LogP contribution < -0.4 is 4.72 Å². The lowest BCUT2D eigenvalue weighted by atomic mass is 10.1. The predicted octanol–water partition coefficient (Wildman–Crippen LogP) is 1.12. The van der Waals surface area contributed by atoms with Gasteiger partial charge >= 0.3 is 5.97 Å². The summed E-state index contributed by atoms with van der Waals surface area (Å²) in [6.07, 6.45) is 2.39. The molecule has 8 heteroatoms. The summed E-state index contributed by atoms with van der Waals surface area (Å²) in [5, 5.41) is 9.10. The van der Waals surface area contributed by atoms with Gasteiger partial charge in [0.25, 0.3) is 0 Å². The van der Waals surface area contributed by atoms with Gasteiger partial charge in [0.2, 0.25) is 10.0 Å². The molecule has 1 aromatic heterocycles. The number of aliphatic carboxylic acids is 1. The second-order valence-electron chi connectivity index (χ2n) is 4.02. The average Bonchev–Trinajstić information content (AvgIpc) is 2.25. The number of halogens is 1. The first-order chi connectivity index (χ1) is 8.24.